The molecule has 0 atom stereocenters. The molecule has 0 amide bonds. The van der Waals surface area contributed by atoms with E-state index in [0.717, 1.165) is 50.9 Å². The minimum atomic E-state index is -0.643. The Morgan fingerprint density at radius 2 is 0.577 bits per heavy atom. The van der Waals surface area contributed by atoms with Crippen LogP contribution in [0.5, 0.6) is 0 Å². The first-order valence-corrected chi connectivity index (χ1v) is 26.9. The molecule has 0 N–H and O–H groups in total. The van der Waals surface area contributed by atoms with Crippen molar-refractivity contribution in [3.63, 3.8) is 0 Å². The number of hydrogen-bond donors (Lipinski definition) is 0. The number of fused-ring (bicyclic) bond motifs is 11. The first-order chi connectivity index (χ1) is 38.7. The average molecular weight is 994 g/mol. The van der Waals surface area contributed by atoms with Crippen molar-refractivity contribution in [1.29, 1.82) is 0 Å². The van der Waals surface area contributed by atoms with Crippen molar-refractivity contribution in [3.05, 3.63) is 332 Å². The smallest absolute Gasteiger partial charge is 0.0754 e. The van der Waals surface area contributed by atoms with Crippen molar-refractivity contribution >= 4 is 72.7 Å². The summed E-state index contributed by atoms with van der Waals surface area (Å²) in [5.41, 5.74) is 21.8. The Morgan fingerprint density at radius 1 is 0.231 bits per heavy atom. The van der Waals surface area contributed by atoms with E-state index in [2.05, 4.69) is 324 Å². The number of hydrogen-bond acceptors (Lipinski definition) is 3. The molecule has 3 heteroatoms. The van der Waals surface area contributed by atoms with Crippen molar-refractivity contribution in [2.24, 2.45) is 0 Å². The maximum absolute atomic E-state index is 2.49. The fourth-order valence-electron chi connectivity index (χ4n) is 12.7. The van der Waals surface area contributed by atoms with Gasteiger partial charge >= 0.3 is 0 Å². The molecule has 366 valence electrons. The first-order valence-electron chi connectivity index (χ1n) is 26.9. The lowest BCUT2D eigenvalue weighted by Crippen LogP contribution is -2.36. The van der Waals surface area contributed by atoms with Crippen LogP contribution in [0.4, 0.5) is 51.2 Å². The van der Waals surface area contributed by atoms with Gasteiger partial charge in [0.05, 0.1) is 16.8 Å². The second kappa shape index (κ2) is 18.6. The van der Waals surface area contributed by atoms with Crippen LogP contribution in [0.25, 0.3) is 54.9 Å². The quantitative estimate of drug-likeness (QED) is 0.143. The highest BCUT2D eigenvalue weighted by molar-refractivity contribution is 5.98. The van der Waals surface area contributed by atoms with E-state index in [9.17, 15) is 0 Å². The summed E-state index contributed by atoms with van der Waals surface area (Å²) < 4.78 is 0. The van der Waals surface area contributed by atoms with E-state index in [0.29, 0.717) is 0 Å². The lowest BCUT2D eigenvalue weighted by atomic mass is 9.64. The zero-order valence-electron chi connectivity index (χ0n) is 42.8. The largest absolute Gasteiger partial charge is 0.310 e. The maximum Gasteiger partial charge on any atom is 0.0754 e. The van der Waals surface area contributed by atoms with Crippen molar-refractivity contribution in [3.8, 4) is 33.4 Å². The lowest BCUT2D eigenvalue weighted by Gasteiger charge is -2.45. The number of rotatable bonds is 9. The standard InChI is InChI=1S/C75H51N3/c1-4-22-60(23-5-1)76(65-44-36-52-18-10-12-20-56(52)48-65)63-40-32-54(33-41-63)58-38-46-67-68-47-39-59(55-34-42-64(43-35-55)77(61-24-6-2-7-25-61)66-45-37-53-19-11-13-21-57(53)49-66)51-72(68)75(71(67)50-58)69-28-14-16-30-73(69)78(62-26-8-3-9-27-62)74-31-17-15-29-70(74)75/h1-51H. The number of para-hydroxylation sites is 5. The second-order valence-corrected chi connectivity index (χ2v) is 20.5. The van der Waals surface area contributed by atoms with Crippen molar-refractivity contribution in [2.45, 2.75) is 5.41 Å². The third kappa shape index (κ3) is 7.35. The summed E-state index contributed by atoms with van der Waals surface area (Å²) in [4.78, 5) is 7.17. The second-order valence-electron chi connectivity index (χ2n) is 20.5. The third-order valence-electron chi connectivity index (χ3n) is 16.2. The molecule has 1 aliphatic heterocycles. The third-order valence-corrected chi connectivity index (χ3v) is 16.2. The fraction of sp³-hybridized carbons (Fsp3) is 0.0133. The SMILES string of the molecule is c1ccc(N(c2ccc(-c3ccc4c(c3)C3(c5cc(-c6ccc(N(c7ccccc7)c7ccc8ccccc8c7)cc6)ccc5-4)c4ccccc4N(c4ccccc4)c4ccccc43)cc2)c2ccc3ccccc3c2)cc1. The van der Waals surface area contributed by atoms with Gasteiger partial charge in [-0.05, 0) is 186 Å². The van der Waals surface area contributed by atoms with Crippen LogP contribution in [0.3, 0.4) is 0 Å². The molecule has 1 aliphatic carbocycles. The highest BCUT2D eigenvalue weighted by Gasteiger charge is 2.52. The summed E-state index contributed by atoms with van der Waals surface area (Å²) in [6.45, 7) is 0. The van der Waals surface area contributed by atoms with Crippen LogP contribution < -0.4 is 14.7 Å². The Morgan fingerprint density at radius 3 is 1.03 bits per heavy atom. The van der Waals surface area contributed by atoms with Gasteiger partial charge < -0.3 is 14.7 Å². The fourth-order valence-corrected chi connectivity index (χ4v) is 12.7. The van der Waals surface area contributed by atoms with E-state index in [1.54, 1.807) is 0 Å². The highest BCUT2D eigenvalue weighted by Crippen LogP contribution is 2.64. The molecule has 78 heavy (non-hydrogen) atoms. The molecule has 1 spiro atoms. The van der Waals surface area contributed by atoms with Crippen LogP contribution in [0.1, 0.15) is 22.3 Å². The summed E-state index contributed by atoms with van der Waals surface area (Å²) in [5, 5.41) is 4.88. The molecule has 13 aromatic rings. The van der Waals surface area contributed by atoms with E-state index in [1.165, 1.54) is 77.4 Å². The molecule has 0 radical (unpaired) electrons. The van der Waals surface area contributed by atoms with Crippen LogP contribution >= 0.6 is 0 Å². The molecule has 0 unspecified atom stereocenters. The molecule has 2 aliphatic rings. The Kier molecular flexibility index (Phi) is 10.8. The lowest BCUT2D eigenvalue weighted by molar-refractivity contribution is 0.753. The van der Waals surface area contributed by atoms with Crippen LogP contribution in [0, 0.1) is 0 Å². The molecule has 0 bridgehead atoms. The van der Waals surface area contributed by atoms with Gasteiger partial charge in [0.15, 0.2) is 0 Å². The van der Waals surface area contributed by atoms with Crippen LogP contribution in [0.15, 0.2) is 309 Å². The monoisotopic (exact) mass is 993 g/mol. The van der Waals surface area contributed by atoms with Gasteiger partial charge in [0.1, 0.15) is 0 Å². The average Bonchev–Trinajstić information content (AvgIpc) is 3.85. The number of anilines is 9. The van der Waals surface area contributed by atoms with E-state index in [-0.39, 0.29) is 0 Å². The van der Waals surface area contributed by atoms with Crippen molar-refractivity contribution in [2.75, 3.05) is 14.7 Å². The summed E-state index contributed by atoms with van der Waals surface area (Å²) >= 11 is 0. The molecule has 3 nitrogen and oxygen atoms in total. The van der Waals surface area contributed by atoms with Gasteiger partial charge in [-0.1, -0.05) is 200 Å². The predicted molar refractivity (Wildman–Crippen MR) is 327 cm³/mol. The molecular formula is C75H51N3. The van der Waals surface area contributed by atoms with Gasteiger partial charge in [-0.3, -0.25) is 0 Å². The molecule has 1 heterocycles. The molecule has 0 fully saturated rings. The van der Waals surface area contributed by atoms with E-state index in [4.69, 9.17) is 0 Å². The Labute approximate surface area is 455 Å². The normalized spacial score (nSPS) is 12.7. The topological polar surface area (TPSA) is 9.72 Å². The van der Waals surface area contributed by atoms with Gasteiger partial charge in [0.25, 0.3) is 0 Å². The van der Waals surface area contributed by atoms with Crippen LogP contribution in [0.2, 0.25) is 0 Å². The Balaban J connectivity index is 0.876. The zero-order chi connectivity index (χ0) is 51.6. The molecular weight excluding hydrogens is 943 g/mol. The predicted octanol–water partition coefficient (Wildman–Crippen LogP) is 20.4. The summed E-state index contributed by atoms with van der Waals surface area (Å²) in [6.07, 6.45) is 0. The van der Waals surface area contributed by atoms with E-state index in [1.807, 2.05) is 0 Å². The summed E-state index contributed by atoms with van der Waals surface area (Å²) in [6, 6.07) is 114. The molecule has 13 aromatic carbocycles. The molecule has 0 saturated carbocycles. The van der Waals surface area contributed by atoms with Crippen LogP contribution in [-0.4, -0.2) is 0 Å². The van der Waals surface area contributed by atoms with E-state index < -0.39 is 5.41 Å². The van der Waals surface area contributed by atoms with Gasteiger partial charge in [0, 0.05) is 39.8 Å². The van der Waals surface area contributed by atoms with Crippen molar-refractivity contribution in [1.82, 2.24) is 0 Å². The molecule has 0 aromatic heterocycles. The van der Waals surface area contributed by atoms with Gasteiger partial charge in [-0.25, -0.2) is 0 Å². The van der Waals surface area contributed by atoms with E-state index >= 15 is 0 Å². The number of nitrogens with zero attached hydrogens (tertiary/aromatic N) is 3. The van der Waals surface area contributed by atoms with Gasteiger partial charge in [0.2, 0.25) is 0 Å². The Hall–Kier alpha value is -10.2. The summed E-state index contributed by atoms with van der Waals surface area (Å²) in [5.74, 6) is 0. The summed E-state index contributed by atoms with van der Waals surface area (Å²) in [7, 11) is 0. The molecule has 0 saturated heterocycles. The minimum absolute atomic E-state index is 0.643. The maximum atomic E-state index is 2.49. The minimum Gasteiger partial charge on any atom is -0.310 e. The number of benzene rings is 13. The first kappa shape index (κ1) is 45.2. The van der Waals surface area contributed by atoms with Gasteiger partial charge in [-0.2, -0.15) is 0 Å². The Bertz CT molecular complexity index is 4110. The highest BCUT2D eigenvalue weighted by atomic mass is 15.2. The van der Waals surface area contributed by atoms with Crippen molar-refractivity contribution < 1.29 is 0 Å². The zero-order valence-corrected chi connectivity index (χ0v) is 42.8. The molecule has 15 rings (SSSR count). The van der Waals surface area contributed by atoms with Gasteiger partial charge in [-0.15, -0.1) is 0 Å². The van der Waals surface area contributed by atoms with Crippen LogP contribution in [-0.2, 0) is 5.41 Å².